The molecule has 0 aliphatic carbocycles. The molecule has 9 heteroatoms. The zero-order valence-corrected chi connectivity index (χ0v) is 16.5. The van der Waals surface area contributed by atoms with Crippen molar-refractivity contribution in [3.05, 3.63) is 64.0 Å². The number of amides is 1. The number of carbonyl (C=O) groups is 2. The third kappa shape index (κ3) is 5.11. The lowest BCUT2D eigenvalue weighted by Crippen LogP contribution is -2.34. The van der Waals surface area contributed by atoms with Crippen LogP contribution < -0.4 is 10.2 Å². The molecule has 30 heavy (non-hydrogen) atoms. The van der Waals surface area contributed by atoms with Crippen LogP contribution in [0.4, 0.5) is 21.5 Å². The zero-order chi connectivity index (χ0) is 21.7. The Hall–Kier alpha value is -3.49. The van der Waals surface area contributed by atoms with Gasteiger partial charge in [-0.15, -0.1) is 0 Å². The molecular formula is C21H22FN3O5. The predicted molar refractivity (Wildman–Crippen MR) is 109 cm³/mol. The molecule has 1 aliphatic rings. The molecule has 0 bridgehead atoms. The summed E-state index contributed by atoms with van der Waals surface area (Å²) in [5.41, 5.74) is 0.207. The number of carbonyl (C=O) groups excluding carboxylic acids is 2. The minimum absolute atomic E-state index is 0.0331. The van der Waals surface area contributed by atoms with E-state index in [1.165, 1.54) is 30.3 Å². The van der Waals surface area contributed by atoms with Gasteiger partial charge in [0.2, 0.25) is 0 Å². The van der Waals surface area contributed by atoms with Gasteiger partial charge < -0.3 is 15.0 Å². The van der Waals surface area contributed by atoms with Crippen molar-refractivity contribution in [3.63, 3.8) is 0 Å². The van der Waals surface area contributed by atoms with Gasteiger partial charge in [0.25, 0.3) is 11.6 Å². The normalized spacial score (nSPS) is 16.1. The van der Waals surface area contributed by atoms with Crippen LogP contribution in [0.3, 0.4) is 0 Å². The Balaban J connectivity index is 1.67. The van der Waals surface area contributed by atoms with E-state index in [0.29, 0.717) is 24.7 Å². The fourth-order valence-corrected chi connectivity index (χ4v) is 3.44. The number of halogens is 1. The predicted octanol–water partition coefficient (Wildman–Crippen LogP) is 3.77. The second-order valence-corrected chi connectivity index (χ2v) is 7.26. The van der Waals surface area contributed by atoms with Crippen molar-refractivity contribution in [1.82, 2.24) is 0 Å². The number of anilines is 2. The molecule has 2 aromatic carbocycles. The fourth-order valence-electron chi connectivity index (χ4n) is 3.44. The second kappa shape index (κ2) is 9.34. The number of ether oxygens (including phenoxy) is 1. The van der Waals surface area contributed by atoms with E-state index in [9.17, 15) is 24.1 Å². The second-order valence-electron chi connectivity index (χ2n) is 7.26. The molecule has 0 spiro atoms. The molecule has 1 N–H and O–H groups in total. The zero-order valence-electron chi connectivity index (χ0n) is 16.5. The van der Waals surface area contributed by atoms with Crippen LogP contribution in [-0.2, 0) is 9.53 Å². The fraction of sp³-hybridized carbons (Fsp3) is 0.333. The van der Waals surface area contributed by atoms with Gasteiger partial charge in [0.1, 0.15) is 11.5 Å². The summed E-state index contributed by atoms with van der Waals surface area (Å²) in [5.74, 6) is -1.78. The Morgan fingerprint density at radius 2 is 2.07 bits per heavy atom. The Labute approximate surface area is 172 Å². The quantitative estimate of drug-likeness (QED) is 0.438. The van der Waals surface area contributed by atoms with Gasteiger partial charge in [-0.3, -0.25) is 14.9 Å². The summed E-state index contributed by atoms with van der Waals surface area (Å²) < 4.78 is 18.5. The number of hydrogen-bond donors (Lipinski definition) is 1. The highest BCUT2D eigenvalue weighted by atomic mass is 19.1. The summed E-state index contributed by atoms with van der Waals surface area (Å²) in [5, 5.41) is 13.8. The Morgan fingerprint density at radius 3 is 2.77 bits per heavy atom. The van der Waals surface area contributed by atoms with E-state index in [4.69, 9.17) is 4.74 Å². The Morgan fingerprint density at radius 1 is 1.30 bits per heavy atom. The first-order valence-corrected chi connectivity index (χ1v) is 9.60. The molecule has 1 amide bonds. The smallest absolute Gasteiger partial charge is 0.338 e. The average Bonchev–Trinajstić information content (AvgIpc) is 2.73. The van der Waals surface area contributed by atoms with E-state index in [1.54, 1.807) is 6.07 Å². The first-order chi connectivity index (χ1) is 14.3. The first kappa shape index (κ1) is 21.2. The van der Waals surface area contributed by atoms with Gasteiger partial charge in [-0.25, -0.2) is 9.18 Å². The number of nitro groups is 1. The molecule has 1 heterocycles. The highest BCUT2D eigenvalue weighted by Crippen LogP contribution is 2.32. The van der Waals surface area contributed by atoms with Crippen molar-refractivity contribution in [2.24, 2.45) is 5.92 Å². The lowest BCUT2D eigenvalue weighted by atomic mass is 9.99. The molecule has 0 radical (unpaired) electrons. The van der Waals surface area contributed by atoms with Crippen molar-refractivity contribution in [3.8, 4) is 0 Å². The number of nitrogens with zero attached hydrogens (tertiary/aromatic N) is 2. The minimum atomic E-state index is -0.875. The number of rotatable bonds is 6. The Bertz CT molecular complexity index is 965. The molecule has 0 aromatic heterocycles. The van der Waals surface area contributed by atoms with Crippen LogP contribution in [0.5, 0.6) is 0 Å². The maximum absolute atomic E-state index is 13.6. The number of piperidine rings is 1. The number of nitrogens with one attached hydrogen (secondary N) is 1. The summed E-state index contributed by atoms with van der Waals surface area (Å²) in [4.78, 5) is 37.1. The SMILES string of the molecule is C[C@@H]1CCCN(c2ccc(C(=O)OCC(=O)Nc3ccccc3F)cc2[N+](=O)[O-])C1. The van der Waals surface area contributed by atoms with Crippen LogP contribution in [0.2, 0.25) is 0 Å². The molecule has 0 saturated carbocycles. The van der Waals surface area contributed by atoms with Crippen molar-refractivity contribution < 1.29 is 23.6 Å². The van der Waals surface area contributed by atoms with E-state index in [2.05, 4.69) is 12.2 Å². The molecule has 2 aromatic rings. The maximum Gasteiger partial charge on any atom is 0.338 e. The van der Waals surface area contributed by atoms with Crippen LogP contribution >= 0.6 is 0 Å². The van der Waals surface area contributed by atoms with E-state index >= 15 is 0 Å². The lowest BCUT2D eigenvalue weighted by Gasteiger charge is -2.32. The van der Waals surface area contributed by atoms with Gasteiger partial charge in [0.15, 0.2) is 6.61 Å². The summed E-state index contributed by atoms with van der Waals surface area (Å²) in [6.45, 7) is 2.87. The molecule has 1 fully saturated rings. The molecule has 8 nitrogen and oxygen atoms in total. The van der Waals surface area contributed by atoms with E-state index in [0.717, 1.165) is 18.9 Å². The topological polar surface area (TPSA) is 102 Å². The first-order valence-electron chi connectivity index (χ1n) is 9.60. The van der Waals surface area contributed by atoms with Gasteiger partial charge >= 0.3 is 5.97 Å². The van der Waals surface area contributed by atoms with E-state index < -0.39 is 29.2 Å². The standard InChI is InChI=1S/C21H22FN3O5/c1-14-5-4-10-24(12-14)18-9-8-15(11-19(18)25(28)29)21(27)30-13-20(26)23-17-7-3-2-6-16(17)22/h2-3,6-9,11,14H,4-5,10,12-13H2,1H3,(H,23,26)/t14-/m1/s1. The number of esters is 1. The van der Waals surface area contributed by atoms with Crippen molar-refractivity contribution in [1.29, 1.82) is 0 Å². The van der Waals surface area contributed by atoms with Gasteiger partial charge in [0.05, 0.1) is 16.2 Å². The third-order valence-electron chi connectivity index (χ3n) is 4.89. The summed E-state index contributed by atoms with van der Waals surface area (Å²) in [6, 6.07) is 9.72. The number of hydrogen-bond acceptors (Lipinski definition) is 6. The van der Waals surface area contributed by atoms with E-state index in [1.807, 2.05) is 4.90 Å². The molecule has 1 saturated heterocycles. The van der Waals surface area contributed by atoms with Gasteiger partial charge in [0, 0.05) is 19.2 Å². The summed E-state index contributed by atoms with van der Waals surface area (Å²) >= 11 is 0. The summed E-state index contributed by atoms with van der Waals surface area (Å²) in [7, 11) is 0. The van der Waals surface area contributed by atoms with Crippen LogP contribution in [0, 0.1) is 21.8 Å². The van der Waals surface area contributed by atoms with Crippen molar-refractivity contribution in [2.45, 2.75) is 19.8 Å². The summed E-state index contributed by atoms with van der Waals surface area (Å²) in [6.07, 6.45) is 2.02. The third-order valence-corrected chi connectivity index (χ3v) is 4.89. The van der Waals surface area contributed by atoms with Crippen LogP contribution in [-0.4, -0.2) is 36.5 Å². The van der Waals surface area contributed by atoms with Crippen LogP contribution in [0.25, 0.3) is 0 Å². The molecule has 158 valence electrons. The largest absolute Gasteiger partial charge is 0.452 e. The van der Waals surface area contributed by atoms with Crippen LogP contribution in [0.1, 0.15) is 30.1 Å². The van der Waals surface area contributed by atoms with Gasteiger partial charge in [-0.1, -0.05) is 19.1 Å². The highest BCUT2D eigenvalue weighted by molar-refractivity contribution is 5.96. The van der Waals surface area contributed by atoms with Crippen LogP contribution in [0.15, 0.2) is 42.5 Å². The molecular weight excluding hydrogens is 393 g/mol. The van der Waals surface area contributed by atoms with E-state index in [-0.39, 0.29) is 16.9 Å². The monoisotopic (exact) mass is 415 g/mol. The van der Waals surface area contributed by atoms with Gasteiger partial charge in [-0.05, 0) is 43.0 Å². The number of benzene rings is 2. The lowest BCUT2D eigenvalue weighted by molar-refractivity contribution is -0.384. The number of para-hydroxylation sites is 1. The highest BCUT2D eigenvalue weighted by Gasteiger charge is 2.25. The molecule has 1 atom stereocenters. The van der Waals surface area contributed by atoms with Crippen molar-refractivity contribution >= 4 is 28.9 Å². The molecule has 0 unspecified atom stereocenters. The molecule has 3 rings (SSSR count). The minimum Gasteiger partial charge on any atom is -0.452 e. The van der Waals surface area contributed by atoms with Crippen molar-refractivity contribution in [2.75, 3.05) is 29.9 Å². The molecule has 1 aliphatic heterocycles. The Kier molecular flexibility index (Phi) is 6.61. The number of nitro benzene ring substituents is 1. The van der Waals surface area contributed by atoms with Gasteiger partial charge in [-0.2, -0.15) is 0 Å². The average molecular weight is 415 g/mol. The maximum atomic E-state index is 13.6.